The van der Waals surface area contributed by atoms with Crippen molar-refractivity contribution in [2.75, 3.05) is 19.6 Å². The molecular formula is C18H23N5O3S. The van der Waals surface area contributed by atoms with E-state index in [9.17, 15) is 13.2 Å². The molecule has 1 atom stereocenters. The van der Waals surface area contributed by atoms with Crippen LogP contribution >= 0.6 is 0 Å². The highest BCUT2D eigenvalue weighted by Crippen LogP contribution is 2.36. The maximum atomic E-state index is 12.7. The van der Waals surface area contributed by atoms with E-state index in [1.54, 1.807) is 6.07 Å². The van der Waals surface area contributed by atoms with E-state index in [4.69, 9.17) is 6.42 Å². The topological polar surface area (TPSA) is 104 Å². The molecule has 3 rings (SSSR count). The van der Waals surface area contributed by atoms with Gasteiger partial charge in [0.2, 0.25) is 15.9 Å². The number of terminal acetylenes is 1. The van der Waals surface area contributed by atoms with Crippen molar-refractivity contribution >= 4 is 15.9 Å². The SMILES string of the molecule is C#CCCC1(CCNC(=O)C2CCCN(S(=O)(=O)c3cccnc3)C2)N=N1. The van der Waals surface area contributed by atoms with Gasteiger partial charge in [-0.1, -0.05) is 0 Å². The van der Waals surface area contributed by atoms with Gasteiger partial charge in [0.15, 0.2) is 5.66 Å². The lowest BCUT2D eigenvalue weighted by molar-refractivity contribution is -0.126. The van der Waals surface area contributed by atoms with Crippen LogP contribution in [0.15, 0.2) is 39.7 Å². The number of amides is 1. The summed E-state index contributed by atoms with van der Waals surface area (Å²) in [5.41, 5.74) is -0.429. The highest BCUT2D eigenvalue weighted by Gasteiger charge is 2.39. The summed E-state index contributed by atoms with van der Waals surface area (Å²) in [6.45, 7) is 1.04. The van der Waals surface area contributed by atoms with Gasteiger partial charge in [0.05, 0.1) is 5.92 Å². The Labute approximate surface area is 159 Å². The molecule has 144 valence electrons. The summed E-state index contributed by atoms with van der Waals surface area (Å²) in [6.07, 6.45) is 11.4. The monoisotopic (exact) mass is 389 g/mol. The van der Waals surface area contributed by atoms with Crippen molar-refractivity contribution in [1.82, 2.24) is 14.6 Å². The zero-order valence-electron chi connectivity index (χ0n) is 15.0. The van der Waals surface area contributed by atoms with E-state index >= 15 is 0 Å². The number of aromatic nitrogens is 1. The van der Waals surface area contributed by atoms with Crippen molar-refractivity contribution in [3.05, 3.63) is 24.5 Å². The van der Waals surface area contributed by atoms with E-state index in [2.05, 4.69) is 26.4 Å². The van der Waals surface area contributed by atoms with Gasteiger partial charge in [-0.15, -0.1) is 12.3 Å². The molecule has 1 N–H and O–H groups in total. The van der Waals surface area contributed by atoms with Gasteiger partial charge >= 0.3 is 0 Å². The molecule has 0 aliphatic carbocycles. The highest BCUT2D eigenvalue weighted by atomic mass is 32.2. The van der Waals surface area contributed by atoms with Crippen molar-refractivity contribution in [3.8, 4) is 12.3 Å². The molecule has 3 heterocycles. The lowest BCUT2D eigenvalue weighted by Gasteiger charge is -2.31. The Morgan fingerprint density at radius 2 is 2.22 bits per heavy atom. The number of pyridine rings is 1. The molecule has 2 aliphatic heterocycles. The Bertz CT molecular complexity index is 841. The number of nitrogens with zero attached hydrogens (tertiary/aromatic N) is 4. The fraction of sp³-hybridized carbons (Fsp3) is 0.556. The van der Waals surface area contributed by atoms with Crippen LogP contribution in [0.1, 0.15) is 32.1 Å². The molecule has 1 amide bonds. The van der Waals surface area contributed by atoms with Crippen molar-refractivity contribution in [2.45, 2.75) is 42.7 Å². The molecule has 27 heavy (non-hydrogen) atoms. The van der Waals surface area contributed by atoms with E-state index in [1.807, 2.05) is 0 Å². The van der Waals surface area contributed by atoms with Gasteiger partial charge in [0, 0.05) is 51.3 Å². The molecule has 2 aliphatic rings. The van der Waals surface area contributed by atoms with E-state index in [1.165, 1.54) is 22.8 Å². The zero-order valence-corrected chi connectivity index (χ0v) is 15.9. The quantitative estimate of drug-likeness (QED) is 0.681. The smallest absolute Gasteiger partial charge is 0.244 e. The van der Waals surface area contributed by atoms with Crippen molar-refractivity contribution < 1.29 is 13.2 Å². The van der Waals surface area contributed by atoms with Gasteiger partial charge in [-0.05, 0) is 25.0 Å². The number of carbonyl (C=O) groups is 1. The molecule has 1 saturated heterocycles. The summed E-state index contributed by atoms with van der Waals surface area (Å²) in [5, 5.41) is 11.0. The first kappa shape index (κ1) is 19.5. The molecule has 9 heteroatoms. The summed E-state index contributed by atoms with van der Waals surface area (Å²) in [4.78, 5) is 16.5. The van der Waals surface area contributed by atoms with Crippen LogP contribution in [-0.4, -0.2) is 48.9 Å². The molecule has 1 fully saturated rings. The van der Waals surface area contributed by atoms with Gasteiger partial charge in [0.1, 0.15) is 4.90 Å². The van der Waals surface area contributed by atoms with Crippen LogP contribution in [0.5, 0.6) is 0 Å². The van der Waals surface area contributed by atoms with Gasteiger partial charge < -0.3 is 5.32 Å². The second-order valence-electron chi connectivity index (χ2n) is 6.82. The number of hydrogen-bond acceptors (Lipinski definition) is 6. The minimum atomic E-state index is -3.63. The lowest BCUT2D eigenvalue weighted by Crippen LogP contribution is -2.45. The van der Waals surface area contributed by atoms with Crippen LogP contribution in [0.25, 0.3) is 0 Å². The van der Waals surface area contributed by atoms with E-state index in [-0.39, 0.29) is 23.3 Å². The molecule has 0 spiro atoms. The van der Waals surface area contributed by atoms with Crippen molar-refractivity contribution in [3.63, 3.8) is 0 Å². The van der Waals surface area contributed by atoms with Crippen LogP contribution < -0.4 is 5.32 Å². The average Bonchev–Trinajstić information content (AvgIpc) is 3.47. The van der Waals surface area contributed by atoms with Crippen LogP contribution in [0.2, 0.25) is 0 Å². The maximum absolute atomic E-state index is 12.7. The Balaban J connectivity index is 1.52. The second kappa shape index (κ2) is 8.15. The zero-order chi connectivity index (χ0) is 19.3. The predicted molar refractivity (Wildman–Crippen MR) is 99.0 cm³/mol. The third kappa shape index (κ3) is 4.70. The predicted octanol–water partition coefficient (Wildman–Crippen LogP) is 1.56. The van der Waals surface area contributed by atoms with Gasteiger partial charge in [-0.3, -0.25) is 9.78 Å². The molecule has 0 saturated carbocycles. The number of piperidine rings is 1. The standard InChI is InChI=1S/C18H23N5O3S/c1-2-3-8-18(21-22-18)9-11-20-17(24)15-6-5-12-23(14-15)27(25,26)16-7-4-10-19-13-16/h1,4,7,10,13,15H,3,5-6,8-9,11-12,14H2,(H,20,24). The fourth-order valence-corrected chi connectivity index (χ4v) is 4.71. The molecule has 0 radical (unpaired) electrons. The third-order valence-corrected chi connectivity index (χ3v) is 6.75. The number of hydrogen-bond donors (Lipinski definition) is 1. The highest BCUT2D eigenvalue weighted by molar-refractivity contribution is 7.89. The van der Waals surface area contributed by atoms with E-state index < -0.39 is 15.7 Å². The summed E-state index contributed by atoms with van der Waals surface area (Å²) >= 11 is 0. The normalized spacial score (nSPS) is 21.4. The van der Waals surface area contributed by atoms with Gasteiger partial charge in [0.25, 0.3) is 0 Å². The van der Waals surface area contributed by atoms with Crippen molar-refractivity contribution in [2.24, 2.45) is 16.1 Å². The number of rotatable bonds is 8. The van der Waals surface area contributed by atoms with E-state index in [0.717, 1.165) is 0 Å². The molecule has 1 aromatic heterocycles. The molecular weight excluding hydrogens is 366 g/mol. The third-order valence-electron chi connectivity index (χ3n) is 4.90. The molecule has 0 bridgehead atoms. The Hall–Kier alpha value is -2.31. The van der Waals surface area contributed by atoms with Gasteiger partial charge in [-0.2, -0.15) is 14.5 Å². The van der Waals surface area contributed by atoms with Crippen LogP contribution in [0, 0.1) is 18.3 Å². The lowest BCUT2D eigenvalue weighted by atomic mass is 9.98. The average molecular weight is 389 g/mol. The first-order valence-electron chi connectivity index (χ1n) is 9.02. The number of carbonyl (C=O) groups excluding carboxylic acids is 1. The van der Waals surface area contributed by atoms with Crippen molar-refractivity contribution in [1.29, 1.82) is 0 Å². The molecule has 1 unspecified atom stereocenters. The van der Waals surface area contributed by atoms with Gasteiger partial charge in [-0.25, -0.2) is 8.42 Å². The fourth-order valence-electron chi connectivity index (χ4n) is 3.22. The number of sulfonamides is 1. The second-order valence-corrected chi connectivity index (χ2v) is 8.76. The summed E-state index contributed by atoms with van der Waals surface area (Å²) < 4.78 is 26.8. The minimum absolute atomic E-state index is 0.131. The molecule has 1 aromatic rings. The van der Waals surface area contributed by atoms with E-state index in [0.29, 0.717) is 45.2 Å². The maximum Gasteiger partial charge on any atom is 0.244 e. The van der Waals surface area contributed by atoms with Crippen LogP contribution in [0.3, 0.4) is 0 Å². The Morgan fingerprint density at radius 3 is 2.89 bits per heavy atom. The van der Waals surface area contributed by atoms with Crippen LogP contribution in [-0.2, 0) is 14.8 Å². The summed E-state index contributed by atoms with van der Waals surface area (Å²) in [6, 6.07) is 3.11. The summed E-state index contributed by atoms with van der Waals surface area (Å²) in [7, 11) is -3.63. The largest absolute Gasteiger partial charge is 0.356 e. The van der Waals surface area contributed by atoms with Crippen LogP contribution in [0.4, 0.5) is 0 Å². The summed E-state index contributed by atoms with van der Waals surface area (Å²) in [5.74, 6) is 2.08. The first-order valence-corrected chi connectivity index (χ1v) is 10.5. The number of nitrogens with one attached hydrogen (secondary N) is 1. The molecule has 0 aromatic carbocycles. The first-order chi connectivity index (χ1) is 13.0. The Kier molecular flexibility index (Phi) is 5.87. The molecule has 8 nitrogen and oxygen atoms in total. The minimum Gasteiger partial charge on any atom is -0.356 e. The Morgan fingerprint density at radius 1 is 1.41 bits per heavy atom.